The first-order valence-corrected chi connectivity index (χ1v) is 7.47. The molecule has 0 fully saturated rings. The Bertz CT molecular complexity index is 604. The van der Waals surface area contributed by atoms with Gasteiger partial charge in [-0.15, -0.1) is 16.9 Å². The summed E-state index contributed by atoms with van der Waals surface area (Å²) >= 11 is 1.73. The summed E-state index contributed by atoms with van der Waals surface area (Å²) < 4.78 is 0. The molecule has 0 amide bonds. The normalized spacial score (nSPS) is 11.2. The molecular formula is C16H18N2S. The summed E-state index contributed by atoms with van der Waals surface area (Å²) in [5.74, 6) is 0. The molecule has 0 spiro atoms. The molecule has 0 unspecified atom stereocenters. The largest absolute Gasteiger partial charge is 0.151 e. The fraction of sp³-hybridized carbons (Fsp3) is 0.250. The molecule has 0 heterocycles. The van der Waals surface area contributed by atoms with Crippen LogP contribution in [-0.2, 0) is 0 Å². The third-order valence-corrected chi connectivity index (χ3v) is 4.10. The summed E-state index contributed by atoms with van der Waals surface area (Å²) in [4.78, 5) is 1.21. The topological polar surface area (TPSA) is 24.7 Å². The van der Waals surface area contributed by atoms with Gasteiger partial charge in [0, 0.05) is 4.90 Å². The lowest BCUT2D eigenvalue weighted by molar-refractivity contribution is 1.12. The van der Waals surface area contributed by atoms with Gasteiger partial charge in [-0.3, -0.25) is 0 Å². The molecular weight excluding hydrogens is 252 g/mol. The predicted octanol–water partition coefficient (Wildman–Crippen LogP) is 5.75. The highest BCUT2D eigenvalue weighted by Crippen LogP contribution is 2.37. The van der Waals surface area contributed by atoms with E-state index in [1.54, 1.807) is 11.8 Å². The number of benzene rings is 2. The van der Waals surface area contributed by atoms with E-state index in [1.807, 2.05) is 30.3 Å². The van der Waals surface area contributed by atoms with Gasteiger partial charge in [-0.25, -0.2) is 0 Å². The van der Waals surface area contributed by atoms with Crippen LogP contribution in [0.3, 0.4) is 0 Å². The summed E-state index contributed by atoms with van der Waals surface area (Å²) in [6.45, 7) is 6.35. The Hall–Kier alpha value is -1.61. The zero-order valence-electron chi connectivity index (χ0n) is 11.8. The van der Waals surface area contributed by atoms with Crippen LogP contribution in [0.4, 0.5) is 11.4 Å². The van der Waals surface area contributed by atoms with E-state index in [0.29, 0.717) is 0 Å². The van der Waals surface area contributed by atoms with Crippen molar-refractivity contribution in [2.45, 2.75) is 25.7 Å². The number of aryl methyl sites for hydroxylation is 2. The number of hydrogen-bond acceptors (Lipinski definition) is 3. The second kappa shape index (κ2) is 6.02. The van der Waals surface area contributed by atoms with E-state index in [4.69, 9.17) is 0 Å². The van der Waals surface area contributed by atoms with E-state index < -0.39 is 0 Å². The minimum Gasteiger partial charge on any atom is -0.151 e. The molecule has 98 valence electrons. The van der Waals surface area contributed by atoms with Crippen LogP contribution in [0.25, 0.3) is 0 Å². The van der Waals surface area contributed by atoms with Crippen molar-refractivity contribution in [3.8, 4) is 0 Å². The second-order valence-electron chi connectivity index (χ2n) is 4.55. The lowest BCUT2D eigenvalue weighted by Crippen LogP contribution is -1.88. The van der Waals surface area contributed by atoms with E-state index in [9.17, 15) is 0 Å². The molecule has 0 radical (unpaired) electrons. The molecule has 2 aromatic rings. The zero-order chi connectivity index (χ0) is 13.8. The predicted molar refractivity (Wildman–Crippen MR) is 83.1 cm³/mol. The Labute approximate surface area is 119 Å². The molecule has 0 atom stereocenters. The first kappa shape index (κ1) is 13.8. The van der Waals surface area contributed by atoms with E-state index in [0.717, 1.165) is 11.4 Å². The Kier molecular flexibility index (Phi) is 4.38. The molecule has 0 N–H and O–H groups in total. The summed E-state index contributed by atoms with van der Waals surface area (Å²) in [7, 11) is 0. The van der Waals surface area contributed by atoms with Crippen LogP contribution in [0.2, 0.25) is 0 Å². The molecule has 0 saturated heterocycles. The first-order chi connectivity index (χ1) is 9.13. The molecule has 0 aliphatic heterocycles. The van der Waals surface area contributed by atoms with Gasteiger partial charge in [0.05, 0.1) is 5.69 Å². The van der Waals surface area contributed by atoms with Crippen LogP contribution in [0.5, 0.6) is 0 Å². The standard InChI is InChI=1S/C16H18N2S/c1-11-10-12(2)16(19-4)15(13(11)3)18-17-14-8-6-5-7-9-14/h5-10H,1-4H3. The lowest BCUT2D eigenvalue weighted by atomic mass is 10.0. The summed E-state index contributed by atoms with van der Waals surface area (Å²) in [5, 5.41) is 8.81. The maximum atomic E-state index is 4.47. The van der Waals surface area contributed by atoms with Gasteiger partial charge in [-0.1, -0.05) is 24.3 Å². The SMILES string of the molecule is CSc1c(C)cc(C)c(C)c1N=Nc1ccccc1. The highest BCUT2D eigenvalue weighted by Gasteiger charge is 2.10. The molecule has 3 heteroatoms. The maximum absolute atomic E-state index is 4.47. The fourth-order valence-electron chi connectivity index (χ4n) is 2.02. The van der Waals surface area contributed by atoms with Crippen LogP contribution < -0.4 is 0 Å². The Morgan fingerprint density at radius 3 is 2.21 bits per heavy atom. The van der Waals surface area contributed by atoms with Gasteiger partial charge in [0.1, 0.15) is 5.69 Å². The van der Waals surface area contributed by atoms with E-state index in [-0.39, 0.29) is 0 Å². The molecule has 0 bridgehead atoms. The van der Waals surface area contributed by atoms with Crippen molar-refractivity contribution in [2.75, 3.05) is 6.26 Å². The van der Waals surface area contributed by atoms with Gasteiger partial charge in [-0.2, -0.15) is 5.11 Å². The Morgan fingerprint density at radius 2 is 1.58 bits per heavy atom. The molecule has 0 saturated carbocycles. The monoisotopic (exact) mass is 270 g/mol. The molecule has 2 nitrogen and oxygen atoms in total. The van der Waals surface area contributed by atoms with Gasteiger partial charge in [0.25, 0.3) is 0 Å². The molecule has 2 rings (SSSR count). The molecule has 0 aliphatic rings. The zero-order valence-corrected chi connectivity index (χ0v) is 12.6. The molecule has 2 aromatic carbocycles. The van der Waals surface area contributed by atoms with Crippen LogP contribution in [-0.4, -0.2) is 6.26 Å². The van der Waals surface area contributed by atoms with Crippen molar-refractivity contribution >= 4 is 23.1 Å². The fourth-order valence-corrected chi connectivity index (χ4v) is 2.79. The van der Waals surface area contributed by atoms with Crippen molar-refractivity contribution in [1.29, 1.82) is 0 Å². The highest BCUT2D eigenvalue weighted by atomic mass is 32.2. The number of hydrogen-bond donors (Lipinski definition) is 0. The third-order valence-electron chi connectivity index (χ3n) is 3.18. The van der Waals surface area contributed by atoms with Gasteiger partial charge in [0.15, 0.2) is 0 Å². The summed E-state index contributed by atoms with van der Waals surface area (Å²) in [6, 6.07) is 12.0. The second-order valence-corrected chi connectivity index (χ2v) is 5.37. The number of thioether (sulfide) groups is 1. The quantitative estimate of drug-likeness (QED) is 0.515. The van der Waals surface area contributed by atoms with Crippen LogP contribution in [0, 0.1) is 20.8 Å². The summed E-state index contributed by atoms with van der Waals surface area (Å²) in [6.07, 6.45) is 2.08. The molecule has 0 aliphatic carbocycles. The van der Waals surface area contributed by atoms with Gasteiger partial charge in [0.2, 0.25) is 0 Å². The van der Waals surface area contributed by atoms with Gasteiger partial charge < -0.3 is 0 Å². The highest BCUT2D eigenvalue weighted by molar-refractivity contribution is 7.98. The lowest BCUT2D eigenvalue weighted by Gasteiger charge is -2.11. The minimum absolute atomic E-state index is 0.883. The van der Waals surface area contributed by atoms with Crippen molar-refractivity contribution in [3.63, 3.8) is 0 Å². The number of rotatable bonds is 3. The average molecular weight is 270 g/mol. The smallest absolute Gasteiger partial charge is 0.103 e. The molecule has 0 aromatic heterocycles. The molecule has 19 heavy (non-hydrogen) atoms. The Balaban J connectivity index is 2.47. The van der Waals surface area contributed by atoms with Gasteiger partial charge in [-0.05, 0) is 55.9 Å². The van der Waals surface area contributed by atoms with Crippen LogP contribution in [0.1, 0.15) is 16.7 Å². The van der Waals surface area contributed by atoms with E-state index in [1.165, 1.54) is 21.6 Å². The Morgan fingerprint density at radius 1 is 0.895 bits per heavy atom. The first-order valence-electron chi connectivity index (χ1n) is 6.25. The maximum Gasteiger partial charge on any atom is 0.103 e. The van der Waals surface area contributed by atoms with Crippen molar-refractivity contribution < 1.29 is 0 Å². The minimum atomic E-state index is 0.883. The van der Waals surface area contributed by atoms with Crippen LogP contribution in [0.15, 0.2) is 51.5 Å². The third kappa shape index (κ3) is 3.04. The van der Waals surface area contributed by atoms with Crippen molar-refractivity contribution in [1.82, 2.24) is 0 Å². The van der Waals surface area contributed by atoms with Crippen molar-refractivity contribution in [3.05, 3.63) is 53.1 Å². The van der Waals surface area contributed by atoms with E-state index >= 15 is 0 Å². The average Bonchev–Trinajstić information content (AvgIpc) is 2.42. The van der Waals surface area contributed by atoms with Crippen LogP contribution >= 0.6 is 11.8 Å². The van der Waals surface area contributed by atoms with Gasteiger partial charge >= 0.3 is 0 Å². The number of nitrogens with zero attached hydrogens (tertiary/aromatic N) is 2. The summed E-state index contributed by atoms with van der Waals surface area (Å²) in [5.41, 5.74) is 5.60. The number of azo groups is 1. The van der Waals surface area contributed by atoms with Crippen molar-refractivity contribution in [2.24, 2.45) is 10.2 Å². The van der Waals surface area contributed by atoms with E-state index in [2.05, 4.69) is 43.3 Å².